The number of ether oxygens (including phenoxy) is 1. The topological polar surface area (TPSA) is 26.3 Å². The Morgan fingerprint density at radius 3 is 1.71 bits per heavy atom. The van der Waals surface area contributed by atoms with Gasteiger partial charge in [0.25, 0.3) is 0 Å². The molecule has 1 rings (SSSR count). The van der Waals surface area contributed by atoms with E-state index in [1.165, 1.54) is 116 Å². The molecule has 0 aliphatic heterocycles. The third-order valence-corrected chi connectivity index (χ3v) is 6.35. The van der Waals surface area contributed by atoms with Crippen LogP contribution in [0.2, 0.25) is 0 Å². The van der Waals surface area contributed by atoms with Crippen molar-refractivity contribution in [2.45, 2.75) is 141 Å². The Labute approximate surface area is 176 Å². The number of rotatable bonds is 20. The van der Waals surface area contributed by atoms with Crippen LogP contribution in [0.25, 0.3) is 0 Å². The quantitative estimate of drug-likeness (QED) is 0.195. The third-order valence-electron chi connectivity index (χ3n) is 6.35. The minimum absolute atomic E-state index is 0.189. The molecule has 0 amide bonds. The highest BCUT2D eigenvalue weighted by Gasteiger charge is 2.13. The summed E-state index contributed by atoms with van der Waals surface area (Å²) in [6.45, 7) is 3.07. The summed E-state index contributed by atoms with van der Waals surface area (Å²) < 4.78 is 5.98. The number of carbonyl (C=O) groups excluding carboxylic acids is 1. The van der Waals surface area contributed by atoms with Crippen molar-refractivity contribution in [1.29, 1.82) is 0 Å². The first-order valence-corrected chi connectivity index (χ1v) is 12.7. The SMILES string of the molecule is CCC([C]=O)CCCCCCCCCCCCCCCCOC1CC[CH]CC1. The molecule has 1 fully saturated rings. The Balaban J connectivity index is 1.68. The third kappa shape index (κ3) is 15.5. The highest BCUT2D eigenvalue weighted by molar-refractivity contribution is 5.54. The van der Waals surface area contributed by atoms with Crippen molar-refractivity contribution in [2.75, 3.05) is 6.61 Å². The summed E-state index contributed by atoms with van der Waals surface area (Å²) in [5.41, 5.74) is 0. The van der Waals surface area contributed by atoms with E-state index < -0.39 is 0 Å². The summed E-state index contributed by atoms with van der Waals surface area (Å²) in [7, 11) is 0. The number of unbranched alkanes of at least 4 members (excludes halogenated alkanes) is 13. The van der Waals surface area contributed by atoms with Crippen LogP contribution < -0.4 is 0 Å². The maximum absolute atomic E-state index is 10.7. The van der Waals surface area contributed by atoms with Crippen molar-refractivity contribution in [1.82, 2.24) is 0 Å². The van der Waals surface area contributed by atoms with Gasteiger partial charge >= 0.3 is 0 Å². The van der Waals surface area contributed by atoms with Crippen LogP contribution in [0.5, 0.6) is 0 Å². The molecule has 0 aromatic heterocycles. The zero-order chi connectivity index (χ0) is 20.1. The fourth-order valence-corrected chi connectivity index (χ4v) is 4.27. The molecule has 2 radical (unpaired) electrons. The summed E-state index contributed by atoms with van der Waals surface area (Å²) in [5.74, 6) is 0.189. The predicted molar refractivity (Wildman–Crippen MR) is 121 cm³/mol. The lowest BCUT2D eigenvalue weighted by atomic mass is 9.98. The van der Waals surface area contributed by atoms with Gasteiger partial charge in [-0.15, -0.1) is 0 Å². The lowest BCUT2D eigenvalue weighted by molar-refractivity contribution is 0.0326. The largest absolute Gasteiger partial charge is 0.378 e. The van der Waals surface area contributed by atoms with Crippen LogP contribution in [0.1, 0.15) is 135 Å². The van der Waals surface area contributed by atoms with Crippen molar-refractivity contribution < 1.29 is 9.53 Å². The van der Waals surface area contributed by atoms with Gasteiger partial charge in [0.05, 0.1) is 6.10 Å². The second-order valence-corrected chi connectivity index (χ2v) is 8.90. The van der Waals surface area contributed by atoms with Crippen LogP contribution in [0.3, 0.4) is 0 Å². The minimum atomic E-state index is 0.189. The first kappa shape index (κ1) is 25.7. The van der Waals surface area contributed by atoms with Crippen LogP contribution in [0.4, 0.5) is 0 Å². The molecule has 2 nitrogen and oxygen atoms in total. The number of hydrogen-bond donors (Lipinski definition) is 0. The summed E-state index contributed by atoms with van der Waals surface area (Å²) in [5, 5.41) is 0. The molecule has 1 aliphatic carbocycles. The van der Waals surface area contributed by atoms with Gasteiger partial charge in [0, 0.05) is 12.5 Å². The van der Waals surface area contributed by atoms with Gasteiger partial charge in [-0.1, -0.05) is 90.4 Å². The van der Waals surface area contributed by atoms with E-state index in [9.17, 15) is 4.79 Å². The average molecular weight is 393 g/mol. The van der Waals surface area contributed by atoms with Crippen LogP contribution in [0.15, 0.2) is 0 Å². The summed E-state index contributed by atoms with van der Waals surface area (Å²) >= 11 is 0. The molecule has 0 saturated heterocycles. The van der Waals surface area contributed by atoms with E-state index in [1.807, 2.05) is 0 Å². The maximum Gasteiger partial charge on any atom is 0.201 e. The average Bonchev–Trinajstić information content (AvgIpc) is 2.74. The molecular formula is C26H48O2. The zero-order valence-electron chi connectivity index (χ0n) is 18.9. The molecule has 2 heteroatoms. The molecular weight excluding hydrogens is 344 g/mol. The molecule has 28 heavy (non-hydrogen) atoms. The highest BCUT2D eigenvalue weighted by Crippen LogP contribution is 2.20. The van der Waals surface area contributed by atoms with Crippen molar-refractivity contribution in [3.8, 4) is 0 Å². The van der Waals surface area contributed by atoms with Gasteiger partial charge in [0.1, 0.15) is 0 Å². The molecule has 1 atom stereocenters. The Hall–Kier alpha value is -0.370. The second kappa shape index (κ2) is 19.9. The van der Waals surface area contributed by atoms with Crippen molar-refractivity contribution >= 4 is 6.29 Å². The zero-order valence-corrected chi connectivity index (χ0v) is 18.9. The first-order valence-electron chi connectivity index (χ1n) is 12.7. The van der Waals surface area contributed by atoms with E-state index in [1.54, 1.807) is 0 Å². The Bertz CT molecular complexity index is 322. The standard InChI is InChI=1S/C26H48O2/c1-2-25(24-27)20-16-13-11-9-7-5-3-4-6-8-10-12-14-19-23-28-26-21-17-15-18-22-26/h15,25-26H,2-14,16-23H2,1H3. The highest BCUT2D eigenvalue weighted by atomic mass is 16.5. The fourth-order valence-electron chi connectivity index (χ4n) is 4.27. The van der Waals surface area contributed by atoms with E-state index in [0.29, 0.717) is 6.10 Å². The Kier molecular flexibility index (Phi) is 18.3. The predicted octanol–water partition coefficient (Wildman–Crippen LogP) is 8.14. The summed E-state index contributed by atoms with van der Waals surface area (Å²) in [4.78, 5) is 10.7. The smallest absolute Gasteiger partial charge is 0.201 e. The lowest BCUT2D eigenvalue weighted by Crippen LogP contribution is -2.17. The van der Waals surface area contributed by atoms with Crippen LogP contribution in [-0.4, -0.2) is 19.0 Å². The molecule has 1 saturated carbocycles. The van der Waals surface area contributed by atoms with Crippen LogP contribution in [-0.2, 0) is 9.53 Å². The van der Waals surface area contributed by atoms with Crippen LogP contribution in [0, 0.1) is 12.3 Å². The molecule has 164 valence electrons. The second-order valence-electron chi connectivity index (χ2n) is 8.90. The van der Waals surface area contributed by atoms with Gasteiger partial charge in [-0.3, -0.25) is 4.79 Å². The summed E-state index contributed by atoms with van der Waals surface area (Å²) in [6.07, 6.45) is 31.3. The number of hydrogen-bond acceptors (Lipinski definition) is 2. The summed E-state index contributed by atoms with van der Waals surface area (Å²) in [6, 6.07) is 0. The Morgan fingerprint density at radius 2 is 1.25 bits per heavy atom. The Morgan fingerprint density at radius 1 is 0.786 bits per heavy atom. The van der Waals surface area contributed by atoms with E-state index >= 15 is 0 Å². The fraction of sp³-hybridized carbons (Fsp3) is 0.923. The van der Waals surface area contributed by atoms with Crippen molar-refractivity contribution in [2.24, 2.45) is 5.92 Å². The molecule has 1 aliphatic rings. The molecule has 0 aromatic rings. The van der Waals surface area contributed by atoms with Gasteiger partial charge in [0.15, 0.2) is 0 Å². The van der Waals surface area contributed by atoms with Crippen molar-refractivity contribution in [3.05, 3.63) is 6.42 Å². The van der Waals surface area contributed by atoms with E-state index in [-0.39, 0.29) is 5.92 Å². The molecule has 1 unspecified atom stereocenters. The molecule has 0 spiro atoms. The van der Waals surface area contributed by atoms with Gasteiger partial charge in [-0.2, -0.15) is 0 Å². The van der Waals surface area contributed by atoms with Gasteiger partial charge in [-0.05, 0) is 51.4 Å². The van der Waals surface area contributed by atoms with E-state index in [4.69, 9.17) is 4.74 Å². The van der Waals surface area contributed by atoms with E-state index in [2.05, 4.69) is 19.6 Å². The lowest BCUT2D eigenvalue weighted by Gasteiger charge is -2.21. The minimum Gasteiger partial charge on any atom is -0.378 e. The van der Waals surface area contributed by atoms with Crippen molar-refractivity contribution in [3.63, 3.8) is 0 Å². The van der Waals surface area contributed by atoms with E-state index in [0.717, 1.165) is 19.4 Å². The van der Waals surface area contributed by atoms with Crippen LogP contribution >= 0.6 is 0 Å². The molecule has 0 aromatic carbocycles. The molecule has 0 bridgehead atoms. The maximum atomic E-state index is 10.7. The van der Waals surface area contributed by atoms with Gasteiger partial charge in [0.2, 0.25) is 6.29 Å². The van der Waals surface area contributed by atoms with Gasteiger partial charge in [-0.25, -0.2) is 0 Å². The monoisotopic (exact) mass is 392 g/mol. The normalized spacial score (nSPS) is 16.3. The molecule has 0 N–H and O–H groups in total. The molecule has 0 heterocycles. The first-order chi connectivity index (χ1) is 13.9. The van der Waals surface area contributed by atoms with Gasteiger partial charge < -0.3 is 4.74 Å².